The van der Waals surface area contributed by atoms with Crippen molar-refractivity contribution in [2.75, 3.05) is 13.7 Å². The highest BCUT2D eigenvalue weighted by Crippen LogP contribution is 2.32. The first-order valence-electron chi connectivity index (χ1n) is 7.04. The number of rotatable bonds is 7. The highest BCUT2D eigenvalue weighted by molar-refractivity contribution is 5.76. The van der Waals surface area contributed by atoms with Gasteiger partial charge in [-0.15, -0.1) is 0 Å². The molecule has 0 fully saturated rings. The van der Waals surface area contributed by atoms with Gasteiger partial charge >= 0.3 is 22.9 Å². The lowest BCUT2D eigenvalue weighted by molar-refractivity contribution is -0.386. The summed E-state index contributed by atoms with van der Waals surface area (Å²) in [7, 11) is 1.36. The molecule has 0 aliphatic rings. The molecular formula is C15H13N3O8. The summed E-state index contributed by atoms with van der Waals surface area (Å²) in [4.78, 5) is 47.7. The lowest BCUT2D eigenvalue weighted by atomic mass is 10.1. The molecule has 3 N–H and O–H groups in total. The normalized spacial score (nSPS) is 10.7. The summed E-state index contributed by atoms with van der Waals surface area (Å²) in [6, 6.07) is 4.65. The van der Waals surface area contributed by atoms with Crippen molar-refractivity contribution in [1.82, 2.24) is 9.97 Å². The number of hydrogen-bond donors (Lipinski definition) is 3. The molecule has 1 heterocycles. The van der Waals surface area contributed by atoms with Crippen molar-refractivity contribution in [3.05, 3.63) is 60.4 Å². The van der Waals surface area contributed by atoms with Crippen molar-refractivity contribution in [3.8, 4) is 11.5 Å². The fraction of sp³-hybridized carbons (Fsp3) is 0.133. The summed E-state index contributed by atoms with van der Waals surface area (Å²) in [6.07, 6.45) is 2.45. The van der Waals surface area contributed by atoms with Crippen LogP contribution in [0.2, 0.25) is 0 Å². The van der Waals surface area contributed by atoms with Gasteiger partial charge in [0.05, 0.1) is 12.0 Å². The van der Waals surface area contributed by atoms with Gasteiger partial charge in [0.1, 0.15) is 5.69 Å². The van der Waals surface area contributed by atoms with Gasteiger partial charge in [-0.1, -0.05) is 12.1 Å². The lowest BCUT2D eigenvalue weighted by Crippen LogP contribution is -2.25. The number of aromatic amines is 2. The molecule has 0 aliphatic carbocycles. The molecule has 2 rings (SSSR count). The predicted octanol–water partition coefficient (Wildman–Crippen LogP) is 0.614. The molecular weight excluding hydrogens is 350 g/mol. The molecule has 0 bridgehead atoms. The first-order valence-corrected chi connectivity index (χ1v) is 7.04. The number of carbonyl (C=O) groups is 1. The zero-order chi connectivity index (χ0) is 19.3. The van der Waals surface area contributed by atoms with E-state index in [1.165, 1.54) is 25.3 Å². The summed E-state index contributed by atoms with van der Waals surface area (Å²) in [5.74, 6) is -0.883. The van der Waals surface area contributed by atoms with Crippen LogP contribution in [0.15, 0.2) is 27.8 Å². The van der Waals surface area contributed by atoms with Crippen LogP contribution in [0.4, 0.5) is 5.69 Å². The van der Waals surface area contributed by atoms with Gasteiger partial charge in [0.15, 0.2) is 18.1 Å². The van der Waals surface area contributed by atoms with E-state index >= 15 is 0 Å². The molecule has 0 atom stereocenters. The number of benzene rings is 1. The summed E-state index contributed by atoms with van der Waals surface area (Å²) in [5.41, 5.74) is -2.90. The van der Waals surface area contributed by atoms with Crippen LogP contribution in [0.3, 0.4) is 0 Å². The molecule has 1 aromatic heterocycles. The third-order valence-electron chi connectivity index (χ3n) is 3.13. The summed E-state index contributed by atoms with van der Waals surface area (Å²) in [6.45, 7) is -0.636. The molecule has 11 nitrogen and oxygen atoms in total. The predicted molar refractivity (Wildman–Crippen MR) is 89.4 cm³/mol. The van der Waals surface area contributed by atoms with E-state index in [0.717, 1.165) is 6.08 Å². The third-order valence-corrected chi connectivity index (χ3v) is 3.13. The number of H-pyrrole nitrogens is 2. The number of carboxylic acids is 1. The van der Waals surface area contributed by atoms with Gasteiger partial charge in [-0.25, -0.2) is 9.59 Å². The van der Waals surface area contributed by atoms with Crippen molar-refractivity contribution in [2.24, 2.45) is 0 Å². The zero-order valence-corrected chi connectivity index (χ0v) is 13.3. The van der Waals surface area contributed by atoms with Crippen LogP contribution in [-0.4, -0.2) is 39.7 Å². The molecule has 0 spiro atoms. The van der Waals surface area contributed by atoms with E-state index in [4.69, 9.17) is 14.6 Å². The quantitative estimate of drug-likeness (QED) is 0.475. The van der Waals surface area contributed by atoms with E-state index in [0.29, 0.717) is 5.56 Å². The average Bonchev–Trinajstić information content (AvgIpc) is 2.56. The maximum absolute atomic E-state index is 11.6. The SMILES string of the molecule is COc1cccc(/C=C\c2[nH]c(=O)[nH]c(=O)c2[N+](=O)[O-])c1OCC(=O)O. The van der Waals surface area contributed by atoms with Crippen LogP contribution in [0, 0.1) is 10.1 Å². The summed E-state index contributed by atoms with van der Waals surface area (Å²) in [5, 5.41) is 19.8. The van der Waals surface area contributed by atoms with E-state index in [9.17, 15) is 24.5 Å². The molecule has 0 saturated carbocycles. The highest BCUT2D eigenvalue weighted by atomic mass is 16.6. The van der Waals surface area contributed by atoms with Crippen molar-refractivity contribution in [2.45, 2.75) is 0 Å². The number of carboxylic acid groups (broad SMARTS) is 1. The summed E-state index contributed by atoms with van der Waals surface area (Å²) >= 11 is 0. The molecule has 0 unspecified atom stereocenters. The van der Waals surface area contributed by atoms with Crippen LogP contribution in [0.1, 0.15) is 11.3 Å². The minimum Gasteiger partial charge on any atom is -0.493 e. The van der Waals surface area contributed by atoms with Crippen molar-refractivity contribution < 1.29 is 24.3 Å². The topological polar surface area (TPSA) is 165 Å². The third kappa shape index (κ3) is 4.14. The van der Waals surface area contributed by atoms with E-state index in [1.807, 2.05) is 0 Å². The highest BCUT2D eigenvalue weighted by Gasteiger charge is 2.19. The zero-order valence-electron chi connectivity index (χ0n) is 13.3. The van der Waals surface area contributed by atoms with E-state index in [-0.39, 0.29) is 17.2 Å². The van der Waals surface area contributed by atoms with E-state index in [1.54, 1.807) is 11.1 Å². The smallest absolute Gasteiger partial charge is 0.357 e. The molecule has 0 radical (unpaired) electrons. The fourth-order valence-corrected chi connectivity index (χ4v) is 2.09. The van der Waals surface area contributed by atoms with Gasteiger partial charge in [-0.2, -0.15) is 0 Å². The van der Waals surface area contributed by atoms with Gasteiger partial charge in [-0.3, -0.25) is 19.9 Å². The Morgan fingerprint density at radius 2 is 2.04 bits per heavy atom. The number of hydrogen-bond acceptors (Lipinski definition) is 7. The lowest BCUT2D eigenvalue weighted by Gasteiger charge is -2.11. The Kier molecular flexibility index (Phi) is 5.53. The number of aliphatic carboxylic acids is 1. The number of para-hydroxylation sites is 1. The Bertz CT molecular complexity index is 989. The number of nitrogens with one attached hydrogen (secondary N) is 2. The molecule has 0 aliphatic heterocycles. The summed E-state index contributed by atoms with van der Waals surface area (Å²) < 4.78 is 10.3. The maximum atomic E-state index is 11.6. The minimum absolute atomic E-state index is 0.0866. The van der Waals surface area contributed by atoms with Crippen molar-refractivity contribution in [1.29, 1.82) is 0 Å². The van der Waals surface area contributed by atoms with Gasteiger partial charge in [0.2, 0.25) is 0 Å². The molecule has 1 aromatic carbocycles. The fourth-order valence-electron chi connectivity index (χ4n) is 2.09. The maximum Gasteiger partial charge on any atom is 0.357 e. The first kappa shape index (κ1) is 18.4. The van der Waals surface area contributed by atoms with E-state index in [2.05, 4.69) is 4.98 Å². The van der Waals surface area contributed by atoms with Crippen LogP contribution in [-0.2, 0) is 4.79 Å². The number of ether oxygens (including phenoxy) is 2. The minimum atomic E-state index is -1.21. The monoisotopic (exact) mass is 363 g/mol. The van der Waals surface area contributed by atoms with Crippen LogP contribution < -0.4 is 20.7 Å². The van der Waals surface area contributed by atoms with Gasteiger partial charge in [0.25, 0.3) is 0 Å². The largest absolute Gasteiger partial charge is 0.493 e. The van der Waals surface area contributed by atoms with Gasteiger partial charge in [0, 0.05) is 5.56 Å². The van der Waals surface area contributed by atoms with Crippen LogP contribution in [0.5, 0.6) is 11.5 Å². The number of nitrogens with zero attached hydrogens (tertiary/aromatic N) is 1. The van der Waals surface area contributed by atoms with Crippen LogP contribution in [0.25, 0.3) is 12.2 Å². The second-order valence-corrected chi connectivity index (χ2v) is 4.82. The van der Waals surface area contributed by atoms with Gasteiger partial charge < -0.3 is 19.6 Å². The Labute approximate surface area is 144 Å². The number of methoxy groups -OCH3 is 1. The number of aromatic nitrogens is 2. The molecule has 0 saturated heterocycles. The molecule has 26 heavy (non-hydrogen) atoms. The second kappa shape index (κ2) is 7.79. The number of nitro groups is 1. The Hall–Kier alpha value is -3.89. The average molecular weight is 363 g/mol. The van der Waals surface area contributed by atoms with Crippen molar-refractivity contribution in [3.63, 3.8) is 0 Å². The van der Waals surface area contributed by atoms with Crippen LogP contribution >= 0.6 is 0 Å². The molecule has 11 heteroatoms. The second-order valence-electron chi connectivity index (χ2n) is 4.82. The molecule has 0 amide bonds. The first-order chi connectivity index (χ1) is 12.3. The van der Waals surface area contributed by atoms with Crippen molar-refractivity contribution >= 4 is 23.8 Å². The van der Waals surface area contributed by atoms with E-state index < -0.39 is 34.4 Å². The Balaban J connectivity index is 2.52. The standard InChI is InChI=1S/C15H13N3O8/c1-25-10-4-2-3-8(13(10)26-7-11(19)20)5-6-9-12(18(23)24)14(21)17-15(22)16-9/h2-6H,7H2,1H3,(H,19,20)(H2,16,17,21,22)/b6-5-. The van der Waals surface area contributed by atoms with Gasteiger partial charge in [-0.05, 0) is 18.2 Å². The Morgan fingerprint density at radius 1 is 1.31 bits per heavy atom. The molecule has 2 aromatic rings. The Morgan fingerprint density at radius 3 is 2.65 bits per heavy atom. The molecule has 136 valence electrons.